The summed E-state index contributed by atoms with van der Waals surface area (Å²) in [5.41, 5.74) is 2.73. The molecule has 0 unspecified atom stereocenters. The van der Waals surface area contributed by atoms with Gasteiger partial charge in [-0.25, -0.2) is 13.8 Å². The summed E-state index contributed by atoms with van der Waals surface area (Å²) >= 11 is 0. The van der Waals surface area contributed by atoms with Gasteiger partial charge in [0.05, 0.1) is 16.9 Å². The summed E-state index contributed by atoms with van der Waals surface area (Å²) in [6.07, 6.45) is 1.71. The number of alkyl halides is 2. The summed E-state index contributed by atoms with van der Waals surface area (Å²) in [5.74, 6) is 0.792. The topological polar surface area (TPSA) is 91.5 Å². The highest BCUT2D eigenvalue weighted by molar-refractivity contribution is 5.84. The smallest absolute Gasteiger partial charge is 0.257 e. The van der Waals surface area contributed by atoms with Gasteiger partial charge in [0.2, 0.25) is 5.95 Å². The Bertz CT molecular complexity index is 916. The van der Waals surface area contributed by atoms with Crippen LogP contribution in [0.4, 0.5) is 26.2 Å². The SMILES string of the molecule is Cc1nn(CC(F)F)cc1Nc1ncc(C=N)c(NCc2ccccc2)n1.[HH]. The van der Waals surface area contributed by atoms with Crippen LogP contribution in [0.15, 0.2) is 42.7 Å². The Balaban J connectivity index is 0.00000280. The van der Waals surface area contributed by atoms with Gasteiger partial charge in [-0.3, -0.25) is 4.68 Å². The highest BCUT2D eigenvalue weighted by Gasteiger charge is 2.12. The van der Waals surface area contributed by atoms with E-state index < -0.39 is 13.0 Å². The Morgan fingerprint density at radius 2 is 2.07 bits per heavy atom. The van der Waals surface area contributed by atoms with Crippen molar-refractivity contribution in [2.75, 3.05) is 10.6 Å². The number of hydrogen-bond donors (Lipinski definition) is 3. The number of aryl methyl sites for hydroxylation is 1. The van der Waals surface area contributed by atoms with Crippen LogP contribution in [0.2, 0.25) is 0 Å². The van der Waals surface area contributed by atoms with E-state index in [1.807, 2.05) is 30.3 Å². The second-order valence-corrected chi connectivity index (χ2v) is 5.85. The second kappa shape index (κ2) is 8.35. The van der Waals surface area contributed by atoms with Crippen molar-refractivity contribution in [3.05, 3.63) is 59.5 Å². The first-order valence-electron chi connectivity index (χ1n) is 8.29. The van der Waals surface area contributed by atoms with Gasteiger partial charge in [-0.05, 0) is 12.5 Å². The maximum Gasteiger partial charge on any atom is 0.257 e. The van der Waals surface area contributed by atoms with E-state index >= 15 is 0 Å². The van der Waals surface area contributed by atoms with Crippen molar-refractivity contribution in [1.29, 1.82) is 5.41 Å². The Labute approximate surface area is 156 Å². The van der Waals surface area contributed by atoms with Crippen molar-refractivity contribution >= 4 is 23.7 Å². The number of aromatic nitrogens is 4. The number of hydrogen-bond acceptors (Lipinski definition) is 6. The molecule has 0 saturated heterocycles. The van der Waals surface area contributed by atoms with Crippen LogP contribution in [0.3, 0.4) is 0 Å². The fourth-order valence-corrected chi connectivity index (χ4v) is 2.48. The molecule has 0 aliphatic heterocycles. The molecule has 0 bridgehead atoms. The summed E-state index contributed by atoms with van der Waals surface area (Å²) in [5, 5.41) is 17.7. The van der Waals surface area contributed by atoms with Gasteiger partial charge in [0, 0.05) is 26.6 Å². The number of anilines is 3. The monoisotopic (exact) mass is 373 g/mol. The standard InChI is InChI=1S/C18H19F2N7.H2/c1-12-15(10-27(26-12)11-16(19)20)24-18-23-9-14(7-21)17(25-18)22-8-13-5-3-2-4-6-13;/h2-7,9-10,16,21H,8,11H2,1H3,(H2,22,23,24,25);1H. The molecule has 3 rings (SSSR count). The van der Waals surface area contributed by atoms with Crippen LogP contribution >= 0.6 is 0 Å². The maximum atomic E-state index is 12.5. The molecular weight excluding hydrogens is 352 g/mol. The van der Waals surface area contributed by atoms with E-state index in [1.54, 1.807) is 6.92 Å². The molecule has 0 saturated carbocycles. The Morgan fingerprint density at radius 3 is 2.78 bits per heavy atom. The quantitative estimate of drug-likeness (QED) is 0.522. The van der Waals surface area contributed by atoms with E-state index in [2.05, 4.69) is 25.7 Å². The predicted octanol–water partition coefficient (Wildman–Crippen LogP) is 3.85. The maximum absolute atomic E-state index is 12.5. The largest absolute Gasteiger partial charge is 0.365 e. The fourth-order valence-electron chi connectivity index (χ4n) is 2.48. The van der Waals surface area contributed by atoms with Gasteiger partial charge >= 0.3 is 0 Å². The third-order valence-corrected chi connectivity index (χ3v) is 3.79. The predicted molar refractivity (Wildman–Crippen MR) is 102 cm³/mol. The number of nitrogens with one attached hydrogen (secondary N) is 3. The molecule has 1 aromatic carbocycles. The molecular formula is C18H21F2N7. The van der Waals surface area contributed by atoms with E-state index in [0.29, 0.717) is 29.3 Å². The number of halogens is 2. The number of nitrogens with zero attached hydrogens (tertiary/aromatic N) is 4. The van der Waals surface area contributed by atoms with Crippen LogP contribution in [-0.4, -0.2) is 32.4 Å². The minimum Gasteiger partial charge on any atom is -0.365 e. The highest BCUT2D eigenvalue weighted by Crippen LogP contribution is 2.20. The van der Waals surface area contributed by atoms with Crippen LogP contribution in [-0.2, 0) is 13.1 Å². The average molecular weight is 373 g/mol. The Kier molecular flexibility index (Phi) is 5.70. The zero-order valence-electron chi connectivity index (χ0n) is 14.7. The number of benzene rings is 1. The third-order valence-electron chi connectivity index (χ3n) is 3.79. The zero-order valence-corrected chi connectivity index (χ0v) is 14.7. The van der Waals surface area contributed by atoms with Crippen molar-refractivity contribution in [3.8, 4) is 0 Å². The molecule has 0 spiro atoms. The van der Waals surface area contributed by atoms with Crippen molar-refractivity contribution in [1.82, 2.24) is 19.7 Å². The van der Waals surface area contributed by atoms with Crippen molar-refractivity contribution < 1.29 is 10.2 Å². The van der Waals surface area contributed by atoms with Crippen molar-refractivity contribution in [3.63, 3.8) is 0 Å². The van der Waals surface area contributed by atoms with Gasteiger partial charge in [-0.15, -0.1) is 0 Å². The lowest BCUT2D eigenvalue weighted by atomic mass is 10.2. The Hall–Kier alpha value is -3.36. The van der Waals surface area contributed by atoms with Crippen LogP contribution in [0.5, 0.6) is 0 Å². The van der Waals surface area contributed by atoms with Gasteiger partial charge in [-0.1, -0.05) is 30.3 Å². The van der Waals surface area contributed by atoms with E-state index in [9.17, 15) is 8.78 Å². The lowest BCUT2D eigenvalue weighted by Crippen LogP contribution is -2.08. The van der Waals surface area contributed by atoms with E-state index in [-0.39, 0.29) is 7.37 Å². The molecule has 142 valence electrons. The normalized spacial score (nSPS) is 10.8. The van der Waals surface area contributed by atoms with Crippen LogP contribution in [0.25, 0.3) is 0 Å². The molecule has 0 aliphatic rings. The molecule has 27 heavy (non-hydrogen) atoms. The third kappa shape index (κ3) is 4.84. The summed E-state index contributed by atoms with van der Waals surface area (Å²) in [4.78, 5) is 8.57. The summed E-state index contributed by atoms with van der Waals surface area (Å²) in [7, 11) is 0. The zero-order chi connectivity index (χ0) is 19.2. The molecule has 3 N–H and O–H groups in total. The molecule has 3 aromatic rings. The van der Waals surface area contributed by atoms with E-state index in [0.717, 1.165) is 5.56 Å². The first-order valence-corrected chi connectivity index (χ1v) is 8.29. The van der Waals surface area contributed by atoms with E-state index in [1.165, 1.54) is 23.3 Å². The molecule has 0 fully saturated rings. The average Bonchev–Trinajstić information content (AvgIpc) is 2.99. The van der Waals surface area contributed by atoms with Crippen LogP contribution < -0.4 is 10.6 Å². The molecule has 0 radical (unpaired) electrons. The van der Waals surface area contributed by atoms with Gasteiger partial charge < -0.3 is 16.0 Å². The molecule has 0 atom stereocenters. The molecule has 0 aliphatic carbocycles. The van der Waals surface area contributed by atoms with E-state index in [4.69, 9.17) is 5.41 Å². The van der Waals surface area contributed by atoms with Crippen LogP contribution in [0.1, 0.15) is 18.2 Å². The first kappa shape index (κ1) is 18.4. The van der Waals surface area contributed by atoms with Crippen molar-refractivity contribution in [2.45, 2.75) is 26.4 Å². The highest BCUT2D eigenvalue weighted by atomic mass is 19.3. The van der Waals surface area contributed by atoms with Gasteiger partial charge in [0.1, 0.15) is 12.4 Å². The molecule has 2 aromatic heterocycles. The first-order chi connectivity index (χ1) is 13.0. The summed E-state index contributed by atoms with van der Waals surface area (Å²) < 4.78 is 26.2. The minimum atomic E-state index is -2.48. The fraction of sp³-hybridized carbons (Fsp3) is 0.222. The lowest BCUT2D eigenvalue weighted by molar-refractivity contribution is 0.121. The number of rotatable bonds is 8. The molecule has 9 heteroatoms. The Morgan fingerprint density at radius 1 is 1.30 bits per heavy atom. The van der Waals surface area contributed by atoms with Gasteiger partial charge in [0.15, 0.2) is 0 Å². The van der Waals surface area contributed by atoms with Crippen molar-refractivity contribution in [2.24, 2.45) is 0 Å². The van der Waals surface area contributed by atoms with Crippen LogP contribution in [0, 0.1) is 12.3 Å². The second-order valence-electron chi connectivity index (χ2n) is 5.85. The van der Waals surface area contributed by atoms with Gasteiger partial charge in [0.25, 0.3) is 6.43 Å². The lowest BCUT2D eigenvalue weighted by Gasteiger charge is -2.10. The van der Waals surface area contributed by atoms with Gasteiger partial charge in [-0.2, -0.15) is 10.1 Å². The molecule has 2 heterocycles. The minimum absolute atomic E-state index is 0. The summed E-state index contributed by atoms with van der Waals surface area (Å²) in [6, 6.07) is 9.80. The molecule has 0 amide bonds. The molecule has 7 nitrogen and oxygen atoms in total. The summed E-state index contributed by atoms with van der Waals surface area (Å²) in [6.45, 7) is 1.79.